The second-order valence-electron chi connectivity index (χ2n) is 3.23. The summed E-state index contributed by atoms with van der Waals surface area (Å²) in [6.45, 7) is 2.18. The highest BCUT2D eigenvalue weighted by molar-refractivity contribution is 5.87. The van der Waals surface area contributed by atoms with Crippen molar-refractivity contribution in [2.24, 2.45) is 0 Å². The lowest BCUT2D eigenvalue weighted by molar-refractivity contribution is -0.114. The average molecular weight is 243 g/mol. The van der Waals surface area contributed by atoms with Crippen molar-refractivity contribution in [1.29, 1.82) is 0 Å². The third-order valence-electron chi connectivity index (χ3n) is 1.74. The second kappa shape index (κ2) is 6.74. The summed E-state index contributed by atoms with van der Waals surface area (Å²) >= 11 is 0. The van der Waals surface area contributed by atoms with Crippen molar-refractivity contribution in [1.82, 2.24) is 9.97 Å². The molecule has 6 nitrogen and oxygen atoms in total. The molecule has 94 valence electrons. The molecule has 1 N–H and O–H groups in total. The minimum atomic E-state index is -0.704. The van der Waals surface area contributed by atoms with Gasteiger partial charge in [0.15, 0.2) is 11.6 Å². The Balaban J connectivity index is 2.58. The first-order valence-corrected chi connectivity index (χ1v) is 5.05. The molecular weight excluding hydrogens is 229 g/mol. The molecular formula is C10H14FN3O3. The van der Waals surface area contributed by atoms with Crippen LogP contribution < -0.4 is 10.1 Å². The molecule has 7 heteroatoms. The Hall–Kier alpha value is -1.76. The lowest BCUT2D eigenvalue weighted by Crippen LogP contribution is -2.11. The van der Waals surface area contributed by atoms with Crippen molar-refractivity contribution in [3.63, 3.8) is 0 Å². The average Bonchev–Trinajstić information content (AvgIpc) is 2.28. The number of ether oxygens (including phenoxy) is 2. The number of aromatic nitrogens is 2. The van der Waals surface area contributed by atoms with Crippen molar-refractivity contribution in [2.45, 2.75) is 13.3 Å². The van der Waals surface area contributed by atoms with Crippen molar-refractivity contribution in [3.05, 3.63) is 12.0 Å². The Bertz CT molecular complexity index is 387. The number of anilines is 1. The molecule has 0 bridgehead atoms. The highest BCUT2D eigenvalue weighted by atomic mass is 19.1. The molecule has 1 heterocycles. The number of rotatable bonds is 6. The van der Waals surface area contributed by atoms with E-state index in [4.69, 9.17) is 9.47 Å². The predicted molar refractivity (Wildman–Crippen MR) is 58.3 cm³/mol. The van der Waals surface area contributed by atoms with Crippen LogP contribution in [0, 0.1) is 5.82 Å². The molecule has 1 rings (SSSR count). The first kappa shape index (κ1) is 13.3. The number of carbonyl (C=O) groups excluding carboxylic acids is 1. The lowest BCUT2D eigenvalue weighted by atomic mass is 10.5. The number of nitrogens with zero attached hydrogens (tertiary/aromatic N) is 2. The summed E-state index contributed by atoms with van der Waals surface area (Å²) in [6.07, 6.45) is 1.62. The molecule has 1 aromatic heterocycles. The molecule has 1 aromatic rings. The molecule has 0 aliphatic heterocycles. The van der Waals surface area contributed by atoms with E-state index in [1.54, 1.807) is 7.11 Å². The summed E-state index contributed by atoms with van der Waals surface area (Å²) in [7, 11) is 1.59. The molecule has 17 heavy (non-hydrogen) atoms. The van der Waals surface area contributed by atoms with E-state index in [9.17, 15) is 9.18 Å². The molecule has 0 unspecified atom stereocenters. The fourth-order valence-electron chi connectivity index (χ4n) is 1.04. The Labute approximate surface area is 98.2 Å². The number of halogens is 1. The molecule has 0 spiro atoms. The summed E-state index contributed by atoms with van der Waals surface area (Å²) in [5, 5.41) is 2.25. The van der Waals surface area contributed by atoms with Crippen LogP contribution in [0.25, 0.3) is 0 Å². The van der Waals surface area contributed by atoms with Gasteiger partial charge in [-0.2, -0.15) is 4.98 Å². The van der Waals surface area contributed by atoms with E-state index < -0.39 is 11.7 Å². The first-order valence-electron chi connectivity index (χ1n) is 5.05. The predicted octanol–water partition coefficient (Wildman–Crippen LogP) is 0.989. The zero-order chi connectivity index (χ0) is 12.7. The minimum absolute atomic E-state index is 0.0197. The molecule has 0 fully saturated rings. The molecule has 1 amide bonds. The number of hydrogen-bond donors (Lipinski definition) is 1. The number of carbonyl (C=O) groups is 1. The topological polar surface area (TPSA) is 73.3 Å². The fourth-order valence-corrected chi connectivity index (χ4v) is 1.04. The van der Waals surface area contributed by atoms with Crippen LogP contribution in [0.4, 0.5) is 10.2 Å². The van der Waals surface area contributed by atoms with Crippen molar-refractivity contribution >= 4 is 11.7 Å². The monoisotopic (exact) mass is 243 g/mol. The molecule has 0 aliphatic carbocycles. The smallest absolute Gasteiger partial charge is 0.318 e. The van der Waals surface area contributed by atoms with Gasteiger partial charge in [-0.15, -0.1) is 0 Å². The number of amides is 1. The normalized spacial score (nSPS) is 10.1. The van der Waals surface area contributed by atoms with Crippen LogP contribution in [0.3, 0.4) is 0 Å². The lowest BCUT2D eigenvalue weighted by Gasteiger charge is -2.06. The third-order valence-corrected chi connectivity index (χ3v) is 1.74. The third kappa shape index (κ3) is 4.73. The van der Waals surface area contributed by atoms with Crippen LogP contribution in [-0.4, -0.2) is 36.2 Å². The van der Waals surface area contributed by atoms with Crippen LogP contribution in [0.1, 0.15) is 13.3 Å². The van der Waals surface area contributed by atoms with E-state index in [-0.39, 0.29) is 11.8 Å². The van der Waals surface area contributed by atoms with Crippen molar-refractivity contribution < 1.29 is 18.7 Å². The maximum Gasteiger partial charge on any atom is 0.318 e. The number of nitrogens with one attached hydrogen (secondary N) is 1. The van der Waals surface area contributed by atoms with Crippen molar-refractivity contribution in [2.75, 3.05) is 25.6 Å². The molecule has 0 radical (unpaired) electrons. The Morgan fingerprint density at radius 1 is 1.53 bits per heavy atom. The highest BCUT2D eigenvalue weighted by Crippen LogP contribution is 2.13. The van der Waals surface area contributed by atoms with Gasteiger partial charge in [-0.1, -0.05) is 0 Å². The van der Waals surface area contributed by atoms with Gasteiger partial charge >= 0.3 is 6.01 Å². The van der Waals surface area contributed by atoms with E-state index in [1.807, 2.05) is 0 Å². The zero-order valence-corrected chi connectivity index (χ0v) is 9.70. The largest absolute Gasteiger partial charge is 0.463 e. The summed E-state index contributed by atoms with van der Waals surface area (Å²) < 4.78 is 23.2. The summed E-state index contributed by atoms with van der Waals surface area (Å²) in [6, 6.07) is 0.0197. The van der Waals surface area contributed by atoms with Crippen LogP contribution in [-0.2, 0) is 9.53 Å². The van der Waals surface area contributed by atoms with Gasteiger partial charge in [-0.3, -0.25) is 4.79 Å². The number of methoxy groups -OCH3 is 1. The van der Waals surface area contributed by atoms with E-state index in [0.29, 0.717) is 19.6 Å². The maximum absolute atomic E-state index is 13.2. The van der Waals surface area contributed by atoms with Gasteiger partial charge in [-0.25, -0.2) is 9.37 Å². The van der Waals surface area contributed by atoms with Crippen LogP contribution >= 0.6 is 0 Å². The van der Waals surface area contributed by atoms with E-state index in [1.165, 1.54) is 6.92 Å². The van der Waals surface area contributed by atoms with E-state index in [0.717, 1.165) is 6.20 Å². The zero-order valence-electron chi connectivity index (χ0n) is 9.70. The van der Waals surface area contributed by atoms with Gasteiger partial charge in [-0.05, 0) is 0 Å². The molecule has 0 aliphatic rings. The summed E-state index contributed by atoms with van der Waals surface area (Å²) in [5.74, 6) is -1.30. The molecule has 0 saturated carbocycles. The Morgan fingerprint density at radius 3 is 2.94 bits per heavy atom. The maximum atomic E-state index is 13.2. The van der Waals surface area contributed by atoms with Crippen LogP contribution in [0.2, 0.25) is 0 Å². The molecule has 0 saturated heterocycles. The second-order valence-corrected chi connectivity index (χ2v) is 3.23. The van der Waals surface area contributed by atoms with Gasteiger partial charge in [0.2, 0.25) is 5.91 Å². The van der Waals surface area contributed by atoms with Gasteiger partial charge in [0.25, 0.3) is 0 Å². The molecule has 0 atom stereocenters. The standard InChI is InChI=1S/C10H14FN3O3/c1-7(15)13-9-8(11)6-12-10(14-9)17-5-3-4-16-2/h6H,3-5H2,1-2H3,(H,12,13,14,15). The SMILES string of the molecule is COCCCOc1ncc(F)c(NC(C)=O)n1. The first-order chi connectivity index (χ1) is 8.13. The Morgan fingerprint density at radius 2 is 2.29 bits per heavy atom. The van der Waals surface area contributed by atoms with E-state index >= 15 is 0 Å². The van der Waals surface area contributed by atoms with Crippen LogP contribution in [0.5, 0.6) is 6.01 Å². The number of hydrogen-bond acceptors (Lipinski definition) is 5. The van der Waals surface area contributed by atoms with Crippen molar-refractivity contribution in [3.8, 4) is 6.01 Å². The highest BCUT2D eigenvalue weighted by Gasteiger charge is 2.08. The van der Waals surface area contributed by atoms with Gasteiger partial charge in [0.1, 0.15) is 0 Å². The Kier molecular flexibility index (Phi) is 5.28. The molecule has 0 aromatic carbocycles. The van der Waals surface area contributed by atoms with Gasteiger partial charge < -0.3 is 14.8 Å². The minimum Gasteiger partial charge on any atom is -0.463 e. The van der Waals surface area contributed by atoms with Gasteiger partial charge in [0, 0.05) is 27.1 Å². The van der Waals surface area contributed by atoms with Gasteiger partial charge in [0.05, 0.1) is 12.8 Å². The van der Waals surface area contributed by atoms with Crippen LogP contribution in [0.15, 0.2) is 6.20 Å². The fraction of sp³-hybridized carbons (Fsp3) is 0.500. The van der Waals surface area contributed by atoms with E-state index in [2.05, 4.69) is 15.3 Å². The summed E-state index contributed by atoms with van der Waals surface area (Å²) in [4.78, 5) is 18.2. The summed E-state index contributed by atoms with van der Waals surface area (Å²) in [5.41, 5.74) is 0. The quantitative estimate of drug-likeness (QED) is 0.754.